The lowest BCUT2D eigenvalue weighted by Gasteiger charge is -2.07. The van der Waals surface area contributed by atoms with Gasteiger partial charge >= 0.3 is 5.97 Å². The summed E-state index contributed by atoms with van der Waals surface area (Å²) in [5, 5.41) is 11.1. The number of nitriles is 1. The zero-order valence-electron chi connectivity index (χ0n) is 12.1. The van der Waals surface area contributed by atoms with Crippen LogP contribution < -0.4 is 5.32 Å². The van der Waals surface area contributed by atoms with Crippen LogP contribution in [0.3, 0.4) is 0 Å². The molecule has 0 unspecified atom stereocenters. The molecule has 0 fully saturated rings. The van der Waals surface area contributed by atoms with Gasteiger partial charge < -0.3 is 10.1 Å². The third-order valence-electron chi connectivity index (χ3n) is 3.02. The SMILES string of the molecule is N#Cc1ccc(C(=O)OCC(=O)NCc2ccccc2F)cc1. The predicted octanol–water partition coefficient (Wildman–Crippen LogP) is 2.17. The van der Waals surface area contributed by atoms with Crippen LogP contribution in [-0.4, -0.2) is 18.5 Å². The average Bonchev–Trinajstić information content (AvgIpc) is 2.59. The molecule has 2 rings (SSSR count). The van der Waals surface area contributed by atoms with E-state index in [2.05, 4.69) is 5.32 Å². The van der Waals surface area contributed by atoms with Crippen LogP contribution in [0, 0.1) is 17.1 Å². The smallest absolute Gasteiger partial charge is 0.338 e. The van der Waals surface area contributed by atoms with Gasteiger partial charge in [0.15, 0.2) is 6.61 Å². The van der Waals surface area contributed by atoms with Crippen LogP contribution in [0.5, 0.6) is 0 Å². The van der Waals surface area contributed by atoms with Gasteiger partial charge in [-0.1, -0.05) is 18.2 Å². The average molecular weight is 312 g/mol. The van der Waals surface area contributed by atoms with Crippen LogP contribution in [0.2, 0.25) is 0 Å². The number of nitrogens with one attached hydrogen (secondary N) is 1. The molecule has 0 heterocycles. The molecule has 116 valence electrons. The van der Waals surface area contributed by atoms with Crippen molar-refractivity contribution in [3.05, 3.63) is 71.0 Å². The number of esters is 1. The Morgan fingerprint density at radius 3 is 2.48 bits per heavy atom. The van der Waals surface area contributed by atoms with Crippen molar-refractivity contribution in [3.63, 3.8) is 0 Å². The Hall–Kier alpha value is -3.20. The molecule has 0 aromatic heterocycles. The molecule has 0 saturated heterocycles. The lowest BCUT2D eigenvalue weighted by Crippen LogP contribution is -2.28. The van der Waals surface area contributed by atoms with E-state index in [0.717, 1.165) is 0 Å². The molecule has 0 bridgehead atoms. The van der Waals surface area contributed by atoms with E-state index in [1.165, 1.54) is 30.3 Å². The number of benzene rings is 2. The summed E-state index contributed by atoms with van der Waals surface area (Å²) in [5.74, 6) is -1.62. The standard InChI is InChI=1S/C17H13FN2O3/c18-15-4-2-1-3-14(15)10-20-16(21)11-23-17(22)13-7-5-12(9-19)6-8-13/h1-8H,10-11H2,(H,20,21). The topological polar surface area (TPSA) is 79.2 Å². The number of hydrogen-bond acceptors (Lipinski definition) is 4. The first-order chi connectivity index (χ1) is 11.1. The Morgan fingerprint density at radius 1 is 1.13 bits per heavy atom. The van der Waals surface area contributed by atoms with E-state index in [1.807, 2.05) is 6.07 Å². The molecule has 2 aromatic carbocycles. The second-order valence-electron chi connectivity index (χ2n) is 4.63. The van der Waals surface area contributed by atoms with E-state index in [1.54, 1.807) is 18.2 Å². The molecule has 6 heteroatoms. The molecule has 0 aliphatic heterocycles. The molecule has 0 spiro atoms. The normalized spacial score (nSPS) is 9.74. The summed E-state index contributed by atoms with van der Waals surface area (Å²) in [4.78, 5) is 23.3. The quantitative estimate of drug-likeness (QED) is 0.858. The number of rotatable bonds is 5. The van der Waals surface area contributed by atoms with Gasteiger partial charge in [-0.2, -0.15) is 5.26 Å². The van der Waals surface area contributed by atoms with Crippen LogP contribution in [0.4, 0.5) is 4.39 Å². The highest BCUT2D eigenvalue weighted by atomic mass is 19.1. The van der Waals surface area contributed by atoms with Gasteiger partial charge in [-0.15, -0.1) is 0 Å². The third kappa shape index (κ3) is 4.64. The summed E-state index contributed by atoms with van der Waals surface area (Å²) < 4.78 is 18.2. The van der Waals surface area contributed by atoms with Crippen molar-refractivity contribution < 1.29 is 18.7 Å². The van der Waals surface area contributed by atoms with Gasteiger partial charge in [0.1, 0.15) is 5.82 Å². The Morgan fingerprint density at radius 2 is 1.83 bits per heavy atom. The zero-order chi connectivity index (χ0) is 16.7. The van der Waals surface area contributed by atoms with Gasteiger partial charge in [0, 0.05) is 12.1 Å². The molecule has 5 nitrogen and oxygen atoms in total. The third-order valence-corrected chi connectivity index (χ3v) is 3.02. The second-order valence-corrected chi connectivity index (χ2v) is 4.63. The summed E-state index contributed by atoms with van der Waals surface area (Å²) in [6, 6.07) is 13.9. The van der Waals surface area contributed by atoms with Crippen LogP contribution in [0.25, 0.3) is 0 Å². The highest BCUT2D eigenvalue weighted by molar-refractivity contribution is 5.91. The summed E-state index contributed by atoms with van der Waals surface area (Å²) in [5.41, 5.74) is 1.01. The van der Waals surface area contributed by atoms with Crippen LogP contribution in [-0.2, 0) is 16.1 Å². The number of halogens is 1. The fourth-order valence-electron chi connectivity index (χ4n) is 1.78. The molecule has 0 atom stereocenters. The van der Waals surface area contributed by atoms with Gasteiger partial charge in [-0.05, 0) is 30.3 Å². The molecule has 0 radical (unpaired) electrons. The number of amides is 1. The van der Waals surface area contributed by atoms with Gasteiger partial charge in [-0.25, -0.2) is 9.18 Å². The minimum absolute atomic E-state index is 0.0138. The van der Waals surface area contributed by atoms with Crippen molar-refractivity contribution >= 4 is 11.9 Å². The minimum Gasteiger partial charge on any atom is -0.452 e. The van der Waals surface area contributed by atoms with Crippen LogP contribution >= 0.6 is 0 Å². The lowest BCUT2D eigenvalue weighted by atomic mass is 10.1. The Labute approximate surface area is 132 Å². The van der Waals surface area contributed by atoms with Crippen molar-refractivity contribution in [3.8, 4) is 6.07 Å². The molecule has 2 aromatic rings. The maximum atomic E-state index is 13.4. The predicted molar refractivity (Wildman–Crippen MR) is 79.7 cm³/mol. The molecule has 1 amide bonds. The van der Waals surface area contributed by atoms with Crippen molar-refractivity contribution in [2.75, 3.05) is 6.61 Å². The first-order valence-electron chi connectivity index (χ1n) is 6.77. The summed E-state index contributed by atoms with van der Waals surface area (Å²) in [6.45, 7) is -0.451. The summed E-state index contributed by atoms with van der Waals surface area (Å²) in [6.07, 6.45) is 0. The van der Waals surface area contributed by atoms with Gasteiger partial charge in [-0.3, -0.25) is 4.79 Å². The molecule has 0 aliphatic carbocycles. The second kappa shape index (κ2) is 7.71. The fourth-order valence-corrected chi connectivity index (χ4v) is 1.78. The highest BCUT2D eigenvalue weighted by Crippen LogP contribution is 2.06. The van der Waals surface area contributed by atoms with Crippen molar-refractivity contribution in [1.29, 1.82) is 5.26 Å². The molecular formula is C17H13FN2O3. The largest absolute Gasteiger partial charge is 0.452 e. The lowest BCUT2D eigenvalue weighted by molar-refractivity contribution is -0.124. The minimum atomic E-state index is -0.671. The van der Waals surface area contributed by atoms with Gasteiger partial charge in [0.2, 0.25) is 0 Å². The molecule has 1 N–H and O–H groups in total. The first-order valence-corrected chi connectivity index (χ1v) is 6.77. The summed E-state index contributed by atoms with van der Waals surface area (Å²) >= 11 is 0. The van der Waals surface area contributed by atoms with Gasteiger partial charge in [0.25, 0.3) is 5.91 Å². The number of nitrogens with zero attached hydrogens (tertiary/aromatic N) is 1. The van der Waals surface area contributed by atoms with E-state index in [9.17, 15) is 14.0 Å². The number of carbonyl (C=O) groups excluding carboxylic acids is 2. The Bertz CT molecular complexity index is 751. The number of carbonyl (C=O) groups is 2. The van der Waals surface area contributed by atoms with Gasteiger partial charge in [0.05, 0.1) is 17.2 Å². The van der Waals surface area contributed by atoms with E-state index in [4.69, 9.17) is 10.00 Å². The summed E-state index contributed by atoms with van der Waals surface area (Å²) in [7, 11) is 0. The van der Waals surface area contributed by atoms with Crippen LogP contribution in [0.1, 0.15) is 21.5 Å². The van der Waals surface area contributed by atoms with Crippen LogP contribution in [0.15, 0.2) is 48.5 Å². The molecule has 23 heavy (non-hydrogen) atoms. The Balaban J connectivity index is 1.80. The van der Waals surface area contributed by atoms with E-state index in [0.29, 0.717) is 11.1 Å². The van der Waals surface area contributed by atoms with Crippen molar-refractivity contribution in [1.82, 2.24) is 5.32 Å². The number of ether oxygens (including phenoxy) is 1. The maximum Gasteiger partial charge on any atom is 0.338 e. The molecule has 0 saturated carbocycles. The zero-order valence-corrected chi connectivity index (χ0v) is 12.1. The fraction of sp³-hybridized carbons (Fsp3) is 0.118. The van der Waals surface area contributed by atoms with Crippen molar-refractivity contribution in [2.24, 2.45) is 0 Å². The number of hydrogen-bond donors (Lipinski definition) is 1. The highest BCUT2D eigenvalue weighted by Gasteiger charge is 2.10. The van der Waals surface area contributed by atoms with E-state index >= 15 is 0 Å². The molecule has 0 aliphatic rings. The maximum absolute atomic E-state index is 13.4. The van der Waals surface area contributed by atoms with E-state index in [-0.39, 0.29) is 12.1 Å². The molecular weight excluding hydrogens is 299 g/mol. The Kier molecular flexibility index (Phi) is 5.42. The van der Waals surface area contributed by atoms with E-state index < -0.39 is 24.3 Å². The first kappa shape index (κ1) is 16.2. The van der Waals surface area contributed by atoms with Crippen molar-refractivity contribution in [2.45, 2.75) is 6.54 Å². The monoisotopic (exact) mass is 312 g/mol.